The Morgan fingerprint density at radius 3 is 2.19 bits per heavy atom. The summed E-state index contributed by atoms with van der Waals surface area (Å²) in [5, 5.41) is 18.4. The predicted octanol–water partition coefficient (Wildman–Crippen LogP) is 0.393. The van der Waals surface area contributed by atoms with Crippen molar-refractivity contribution in [1.82, 2.24) is 4.72 Å². The number of ketones is 1. The third-order valence-corrected chi connectivity index (χ3v) is 4.16. The van der Waals surface area contributed by atoms with Crippen LogP contribution in [0.5, 0.6) is 0 Å². The lowest BCUT2D eigenvalue weighted by Crippen LogP contribution is -2.42. The highest BCUT2D eigenvalue weighted by atomic mass is 32.2. The lowest BCUT2D eigenvalue weighted by Gasteiger charge is -2.21. The van der Waals surface area contributed by atoms with Gasteiger partial charge in [0.2, 0.25) is 10.0 Å². The first kappa shape index (κ1) is 17.3. The van der Waals surface area contributed by atoms with Gasteiger partial charge in [0.25, 0.3) is 0 Å². The van der Waals surface area contributed by atoms with Crippen molar-refractivity contribution in [2.75, 3.05) is 6.54 Å². The molecule has 1 atom stereocenters. The number of aliphatic hydroxyl groups is 1. The molecule has 7 nitrogen and oxygen atoms in total. The van der Waals surface area contributed by atoms with E-state index < -0.39 is 34.6 Å². The molecule has 0 aliphatic heterocycles. The molecular formula is C13H17NO6S. The minimum Gasteiger partial charge on any atom is -0.481 e. The molecule has 0 bridgehead atoms. The summed E-state index contributed by atoms with van der Waals surface area (Å²) in [6, 6.07) is 5.30. The van der Waals surface area contributed by atoms with Crippen LogP contribution in [0.15, 0.2) is 29.2 Å². The zero-order chi connectivity index (χ0) is 16.3. The molecule has 0 radical (unpaired) electrons. The zero-order valence-electron chi connectivity index (χ0n) is 11.7. The number of carboxylic acid groups (broad SMARTS) is 1. The van der Waals surface area contributed by atoms with Gasteiger partial charge in [-0.3, -0.25) is 9.59 Å². The van der Waals surface area contributed by atoms with E-state index >= 15 is 0 Å². The summed E-state index contributed by atoms with van der Waals surface area (Å²) in [7, 11) is -3.89. The van der Waals surface area contributed by atoms with Crippen molar-refractivity contribution in [3.63, 3.8) is 0 Å². The van der Waals surface area contributed by atoms with Gasteiger partial charge in [-0.25, -0.2) is 13.1 Å². The lowest BCUT2D eigenvalue weighted by atomic mass is 10.0. The molecule has 0 heterocycles. The number of hydrogen-bond acceptors (Lipinski definition) is 5. The van der Waals surface area contributed by atoms with Crippen molar-refractivity contribution >= 4 is 21.8 Å². The number of benzene rings is 1. The topological polar surface area (TPSA) is 121 Å². The van der Waals surface area contributed by atoms with Gasteiger partial charge in [0.1, 0.15) is 0 Å². The van der Waals surface area contributed by atoms with Gasteiger partial charge in [0.05, 0.1) is 16.9 Å². The van der Waals surface area contributed by atoms with Gasteiger partial charge in [0, 0.05) is 12.1 Å². The highest BCUT2D eigenvalue weighted by Crippen LogP contribution is 2.13. The third kappa shape index (κ3) is 5.25. The van der Waals surface area contributed by atoms with Crippen molar-refractivity contribution in [2.24, 2.45) is 0 Å². The van der Waals surface area contributed by atoms with E-state index in [9.17, 15) is 23.1 Å². The van der Waals surface area contributed by atoms with Crippen LogP contribution in [0.25, 0.3) is 0 Å². The van der Waals surface area contributed by atoms with Crippen molar-refractivity contribution in [2.45, 2.75) is 30.8 Å². The highest BCUT2D eigenvalue weighted by Gasteiger charge is 2.27. The van der Waals surface area contributed by atoms with Gasteiger partial charge in [-0.2, -0.15) is 0 Å². The van der Waals surface area contributed by atoms with E-state index in [1.165, 1.54) is 38.1 Å². The Morgan fingerprint density at radius 1 is 1.24 bits per heavy atom. The molecule has 0 aromatic heterocycles. The smallest absolute Gasteiger partial charge is 0.306 e. The zero-order valence-corrected chi connectivity index (χ0v) is 12.5. The molecule has 0 aliphatic carbocycles. The standard InChI is InChI=1S/C13H17NO6S/c1-9(15)10-3-5-11(6-4-10)21(19,20)14-8-13(2,18)7-12(16)17/h3-6,14,18H,7-8H2,1-2H3,(H,16,17). The lowest BCUT2D eigenvalue weighted by molar-refractivity contribution is -0.141. The Morgan fingerprint density at radius 2 is 1.76 bits per heavy atom. The normalized spacial score (nSPS) is 14.4. The number of carbonyl (C=O) groups excluding carboxylic acids is 1. The highest BCUT2D eigenvalue weighted by molar-refractivity contribution is 7.89. The summed E-state index contributed by atoms with van der Waals surface area (Å²) in [6.07, 6.45) is -0.585. The second kappa shape index (κ2) is 6.33. The van der Waals surface area contributed by atoms with Crippen molar-refractivity contribution in [1.29, 1.82) is 0 Å². The molecule has 0 amide bonds. The van der Waals surface area contributed by atoms with Crippen LogP contribution in [0.1, 0.15) is 30.6 Å². The van der Waals surface area contributed by atoms with Gasteiger partial charge in [-0.05, 0) is 26.0 Å². The van der Waals surface area contributed by atoms with Crippen LogP contribution in [-0.4, -0.2) is 42.5 Å². The molecule has 1 unspecified atom stereocenters. The van der Waals surface area contributed by atoms with E-state index in [1.807, 2.05) is 0 Å². The van der Waals surface area contributed by atoms with E-state index in [1.54, 1.807) is 0 Å². The van der Waals surface area contributed by atoms with Crippen molar-refractivity contribution in [3.05, 3.63) is 29.8 Å². The number of nitrogens with one attached hydrogen (secondary N) is 1. The van der Waals surface area contributed by atoms with Gasteiger partial charge < -0.3 is 10.2 Å². The fourth-order valence-corrected chi connectivity index (χ4v) is 2.75. The number of rotatable bonds is 7. The summed E-state index contributed by atoms with van der Waals surface area (Å²) in [5.74, 6) is -1.42. The SMILES string of the molecule is CC(=O)c1ccc(S(=O)(=O)NCC(C)(O)CC(=O)O)cc1. The van der Waals surface area contributed by atoms with Gasteiger partial charge in [-0.1, -0.05) is 12.1 Å². The van der Waals surface area contributed by atoms with Crippen LogP contribution in [0.4, 0.5) is 0 Å². The molecule has 21 heavy (non-hydrogen) atoms. The fourth-order valence-electron chi connectivity index (χ4n) is 1.59. The minimum absolute atomic E-state index is 0.0707. The first-order valence-electron chi connectivity index (χ1n) is 6.08. The van der Waals surface area contributed by atoms with E-state index in [-0.39, 0.29) is 10.7 Å². The van der Waals surface area contributed by atoms with E-state index in [2.05, 4.69) is 4.72 Å². The van der Waals surface area contributed by atoms with Gasteiger partial charge in [-0.15, -0.1) is 0 Å². The maximum Gasteiger partial charge on any atom is 0.306 e. The number of sulfonamides is 1. The molecule has 8 heteroatoms. The summed E-state index contributed by atoms with van der Waals surface area (Å²) in [5.41, 5.74) is -1.31. The van der Waals surface area contributed by atoms with E-state index in [0.29, 0.717) is 5.56 Å². The largest absolute Gasteiger partial charge is 0.481 e. The second-order valence-corrected chi connectivity index (χ2v) is 6.74. The number of hydrogen-bond donors (Lipinski definition) is 3. The van der Waals surface area contributed by atoms with Crippen LogP contribution in [0.2, 0.25) is 0 Å². The molecular weight excluding hydrogens is 298 g/mol. The average molecular weight is 315 g/mol. The van der Waals surface area contributed by atoms with Crippen LogP contribution >= 0.6 is 0 Å². The molecule has 0 saturated carbocycles. The van der Waals surface area contributed by atoms with Crippen LogP contribution in [0, 0.1) is 0 Å². The molecule has 116 valence electrons. The van der Waals surface area contributed by atoms with Crippen molar-refractivity contribution in [3.8, 4) is 0 Å². The second-order valence-electron chi connectivity index (χ2n) is 4.97. The molecule has 3 N–H and O–H groups in total. The Balaban J connectivity index is 2.82. The number of Topliss-reactive ketones (excluding diaryl/α,β-unsaturated/α-hetero) is 1. The molecule has 0 aliphatic rings. The maximum atomic E-state index is 12.0. The summed E-state index contributed by atoms with van der Waals surface area (Å²) < 4.78 is 26.1. The molecule has 1 aromatic carbocycles. The maximum absolute atomic E-state index is 12.0. The first-order chi connectivity index (χ1) is 9.53. The molecule has 0 fully saturated rings. The Labute approximate surface area is 122 Å². The van der Waals surface area contributed by atoms with E-state index in [0.717, 1.165) is 0 Å². The van der Waals surface area contributed by atoms with Gasteiger partial charge in [0.15, 0.2) is 5.78 Å². The monoisotopic (exact) mass is 315 g/mol. The van der Waals surface area contributed by atoms with Crippen LogP contribution in [0.3, 0.4) is 0 Å². The minimum atomic E-state index is -3.89. The third-order valence-electron chi connectivity index (χ3n) is 2.75. The Bertz CT molecular complexity index is 633. The Hall–Kier alpha value is -1.77. The quantitative estimate of drug-likeness (QED) is 0.626. The fraction of sp³-hybridized carbons (Fsp3) is 0.385. The molecule has 1 aromatic rings. The van der Waals surface area contributed by atoms with Crippen LogP contribution < -0.4 is 4.72 Å². The molecule has 1 rings (SSSR count). The van der Waals surface area contributed by atoms with Crippen molar-refractivity contribution < 1.29 is 28.2 Å². The molecule has 0 spiro atoms. The number of carboxylic acids is 1. The Kier molecular flexibility index (Phi) is 5.21. The first-order valence-corrected chi connectivity index (χ1v) is 7.57. The number of aliphatic carboxylic acids is 1. The predicted molar refractivity (Wildman–Crippen MR) is 74.5 cm³/mol. The van der Waals surface area contributed by atoms with E-state index in [4.69, 9.17) is 5.11 Å². The summed E-state index contributed by atoms with van der Waals surface area (Å²) in [4.78, 5) is 21.6. The van der Waals surface area contributed by atoms with Crippen LogP contribution in [-0.2, 0) is 14.8 Å². The molecule has 0 saturated heterocycles. The summed E-state index contributed by atoms with van der Waals surface area (Å²) in [6.45, 7) is 2.16. The number of carbonyl (C=O) groups is 2. The average Bonchev–Trinajstić information content (AvgIpc) is 2.35. The van der Waals surface area contributed by atoms with Gasteiger partial charge >= 0.3 is 5.97 Å². The summed E-state index contributed by atoms with van der Waals surface area (Å²) >= 11 is 0.